The van der Waals surface area contributed by atoms with E-state index in [9.17, 15) is 0 Å². The molecule has 2 aromatic rings. The van der Waals surface area contributed by atoms with Crippen LogP contribution in [0.1, 0.15) is 37.7 Å². The van der Waals surface area contributed by atoms with Gasteiger partial charge >= 0.3 is 0 Å². The summed E-state index contributed by atoms with van der Waals surface area (Å²) >= 11 is 7.16. The molecule has 0 aliphatic heterocycles. The van der Waals surface area contributed by atoms with E-state index in [0.29, 0.717) is 0 Å². The van der Waals surface area contributed by atoms with Gasteiger partial charge in [-0.15, -0.1) is 0 Å². The molecule has 1 unspecified atom stereocenters. The van der Waals surface area contributed by atoms with Crippen LogP contribution < -0.4 is 5.73 Å². The van der Waals surface area contributed by atoms with E-state index in [2.05, 4.69) is 69.9 Å². The molecule has 2 rings (SSSR count). The Bertz CT molecular complexity index is 615. The van der Waals surface area contributed by atoms with Gasteiger partial charge in [0.15, 0.2) is 0 Å². The van der Waals surface area contributed by atoms with Crippen LogP contribution in [0.5, 0.6) is 0 Å². The zero-order valence-electron chi connectivity index (χ0n) is 12.7. The van der Waals surface area contributed by atoms with Crippen LogP contribution in [0.3, 0.4) is 0 Å². The summed E-state index contributed by atoms with van der Waals surface area (Å²) in [5.41, 5.74) is 9.55. The maximum absolute atomic E-state index is 6.59. The third kappa shape index (κ3) is 3.58. The lowest BCUT2D eigenvalue weighted by molar-refractivity contribution is 0.462. The highest BCUT2D eigenvalue weighted by atomic mass is 79.9. The van der Waals surface area contributed by atoms with Crippen molar-refractivity contribution in [2.75, 3.05) is 0 Å². The van der Waals surface area contributed by atoms with E-state index in [1.807, 2.05) is 16.8 Å². The SMILES string of the molecule is CCc1nn(CC)c(CC(C)(N)c2ccc(Br)cc2)c1Br. The number of nitrogens with two attached hydrogens (primary N) is 1. The lowest BCUT2D eigenvalue weighted by atomic mass is 9.88. The van der Waals surface area contributed by atoms with Crippen LogP contribution in [0, 0.1) is 0 Å². The van der Waals surface area contributed by atoms with E-state index in [1.165, 1.54) is 5.69 Å². The predicted molar refractivity (Wildman–Crippen MR) is 94.4 cm³/mol. The van der Waals surface area contributed by atoms with Gasteiger partial charge in [-0.2, -0.15) is 5.10 Å². The number of benzene rings is 1. The van der Waals surface area contributed by atoms with Gasteiger partial charge in [0, 0.05) is 23.0 Å². The lowest BCUT2D eigenvalue weighted by Gasteiger charge is -2.26. The molecule has 0 saturated carbocycles. The normalized spacial score (nSPS) is 14.2. The van der Waals surface area contributed by atoms with Gasteiger partial charge in [-0.1, -0.05) is 35.0 Å². The zero-order chi connectivity index (χ0) is 15.6. The Morgan fingerprint density at radius 1 is 1.19 bits per heavy atom. The second kappa shape index (κ2) is 6.63. The van der Waals surface area contributed by atoms with Gasteiger partial charge in [-0.25, -0.2) is 0 Å². The number of rotatable bonds is 5. The van der Waals surface area contributed by atoms with Crippen LogP contribution >= 0.6 is 31.9 Å². The van der Waals surface area contributed by atoms with E-state index in [-0.39, 0.29) is 0 Å². The maximum atomic E-state index is 6.59. The summed E-state index contributed by atoms with van der Waals surface area (Å²) in [6.07, 6.45) is 1.66. The second-order valence-electron chi connectivity index (χ2n) is 5.48. The molecule has 5 heteroatoms. The van der Waals surface area contributed by atoms with Crippen molar-refractivity contribution >= 4 is 31.9 Å². The van der Waals surface area contributed by atoms with Gasteiger partial charge in [0.1, 0.15) is 0 Å². The average molecular weight is 415 g/mol. The highest BCUT2D eigenvalue weighted by molar-refractivity contribution is 9.10. The summed E-state index contributed by atoms with van der Waals surface area (Å²) in [5, 5.41) is 4.65. The van der Waals surface area contributed by atoms with Crippen LogP contribution in [0.4, 0.5) is 0 Å². The standard InChI is InChI=1S/C16H21Br2N3/c1-4-13-15(18)14(21(5-2)20-13)10-16(3,19)11-6-8-12(17)9-7-11/h6-9H,4-5,10,19H2,1-3H3. The monoisotopic (exact) mass is 413 g/mol. The molecule has 1 aromatic carbocycles. The number of nitrogens with zero attached hydrogens (tertiary/aromatic N) is 2. The van der Waals surface area contributed by atoms with Crippen LogP contribution in [-0.4, -0.2) is 9.78 Å². The molecule has 0 aliphatic rings. The smallest absolute Gasteiger partial charge is 0.0766 e. The van der Waals surface area contributed by atoms with Gasteiger partial charge in [0.2, 0.25) is 0 Å². The Labute approximate surface area is 143 Å². The van der Waals surface area contributed by atoms with E-state index in [0.717, 1.165) is 39.6 Å². The fourth-order valence-corrected chi connectivity index (χ4v) is 3.44. The molecule has 0 amide bonds. The van der Waals surface area contributed by atoms with Gasteiger partial charge in [-0.3, -0.25) is 4.68 Å². The Morgan fingerprint density at radius 2 is 1.81 bits per heavy atom. The average Bonchev–Trinajstić information content (AvgIpc) is 2.75. The first-order valence-electron chi connectivity index (χ1n) is 7.18. The van der Waals surface area contributed by atoms with Crippen molar-refractivity contribution in [2.45, 2.75) is 45.7 Å². The Morgan fingerprint density at radius 3 is 2.33 bits per heavy atom. The van der Waals surface area contributed by atoms with E-state index < -0.39 is 5.54 Å². The van der Waals surface area contributed by atoms with Crippen molar-refractivity contribution in [3.63, 3.8) is 0 Å². The highest BCUT2D eigenvalue weighted by Crippen LogP contribution is 2.30. The molecule has 0 saturated heterocycles. The molecular weight excluding hydrogens is 394 g/mol. The maximum Gasteiger partial charge on any atom is 0.0766 e. The summed E-state index contributed by atoms with van der Waals surface area (Å²) in [4.78, 5) is 0. The molecule has 3 nitrogen and oxygen atoms in total. The summed E-state index contributed by atoms with van der Waals surface area (Å²) in [6.45, 7) is 7.15. The summed E-state index contributed by atoms with van der Waals surface area (Å²) in [6, 6.07) is 8.21. The minimum Gasteiger partial charge on any atom is -0.321 e. The van der Waals surface area contributed by atoms with Crippen molar-refractivity contribution in [1.82, 2.24) is 9.78 Å². The molecule has 0 spiro atoms. The van der Waals surface area contributed by atoms with Gasteiger partial charge in [0.05, 0.1) is 15.9 Å². The number of hydrogen-bond acceptors (Lipinski definition) is 2. The Hall–Kier alpha value is -0.650. The Balaban J connectivity index is 2.36. The first-order chi connectivity index (χ1) is 9.89. The number of aromatic nitrogens is 2. The predicted octanol–water partition coefficient (Wildman–Crippen LogP) is 4.41. The quantitative estimate of drug-likeness (QED) is 0.787. The molecule has 0 bridgehead atoms. The van der Waals surface area contributed by atoms with E-state index in [1.54, 1.807) is 0 Å². The summed E-state index contributed by atoms with van der Waals surface area (Å²) in [7, 11) is 0. The van der Waals surface area contributed by atoms with Crippen LogP contribution in [-0.2, 0) is 24.9 Å². The molecule has 0 aliphatic carbocycles. The minimum absolute atomic E-state index is 0.429. The first-order valence-corrected chi connectivity index (χ1v) is 8.76. The molecule has 0 radical (unpaired) electrons. The minimum atomic E-state index is -0.429. The molecule has 21 heavy (non-hydrogen) atoms. The number of halogens is 2. The van der Waals surface area contributed by atoms with Crippen LogP contribution in [0.15, 0.2) is 33.2 Å². The molecule has 1 atom stereocenters. The van der Waals surface area contributed by atoms with Crippen molar-refractivity contribution < 1.29 is 0 Å². The van der Waals surface area contributed by atoms with Crippen molar-refractivity contribution in [2.24, 2.45) is 5.73 Å². The van der Waals surface area contributed by atoms with Crippen LogP contribution in [0.25, 0.3) is 0 Å². The molecule has 1 aromatic heterocycles. The third-order valence-corrected chi connectivity index (χ3v) is 5.18. The number of aryl methyl sites for hydroxylation is 2. The largest absolute Gasteiger partial charge is 0.321 e. The first kappa shape index (κ1) is 16.7. The van der Waals surface area contributed by atoms with Crippen LogP contribution in [0.2, 0.25) is 0 Å². The second-order valence-corrected chi connectivity index (χ2v) is 7.19. The molecule has 0 fully saturated rings. The van der Waals surface area contributed by atoms with Crippen molar-refractivity contribution in [1.29, 1.82) is 0 Å². The molecule has 114 valence electrons. The fourth-order valence-electron chi connectivity index (χ4n) is 2.47. The summed E-state index contributed by atoms with van der Waals surface area (Å²) in [5.74, 6) is 0. The van der Waals surface area contributed by atoms with Crippen molar-refractivity contribution in [3.05, 3.63) is 50.2 Å². The molecular formula is C16H21Br2N3. The van der Waals surface area contributed by atoms with E-state index in [4.69, 9.17) is 5.73 Å². The number of hydrogen-bond donors (Lipinski definition) is 1. The molecule has 1 heterocycles. The highest BCUT2D eigenvalue weighted by Gasteiger charge is 2.26. The lowest BCUT2D eigenvalue weighted by Crippen LogP contribution is -2.36. The zero-order valence-corrected chi connectivity index (χ0v) is 15.8. The fraction of sp³-hybridized carbons (Fsp3) is 0.438. The van der Waals surface area contributed by atoms with Gasteiger partial charge in [-0.05, 0) is 53.9 Å². The van der Waals surface area contributed by atoms with E-state index >= 15 is 0 Å². The Kier molecular flexibility index (Phi) is 5.28. The van der Waals surface area contributed by atoms with Crippen molar-refractivity contribution in [3.8, 4) is 0 Å². The topological polar surface area (TPSA) is 43.8 Å². The molecule has 2 N–H and O–H groups in total. The summed E-state index contributed by atoms with van der Waals surface area (Å²) < 4.78 is 4.21. The van der Waals surface area contributed by atoms with Gasteiger partial charge < -0.3 is 5.73 Å². The third-order valence-electron chi connectivity index (χ3n) is 3.73. The van der Waals surface area contributed by atoms with Gasteiger partial charge in [0.25, 0.3) is 0 Å².